The smallest absolute Gasteiger partial charge is 0.343 e. The van der Waals surface area contributed by atoms with Gasteiger partial charge < -0.3 is 15.2 Å². The summed E-state index contributed by atoms with van der Waals surface area (Å²) in [7, 11) is -4.02. The molecule has 1 atom stereocenters. The molecule has 3 N–H and O–H groups in total. The Hall–Kier alpha value is -2.26. The number of nitrogens with one attached hydrogen (secondary N) is 1. The van der Waals surface area contributed by atoms with E-state index in [2.05, 4.69) is 5.32 Å². The molecule has 1 saturated heterocycles. The van der Waals surface area contributed by atoms with Gasteiger partial charge >= 0.3 is 5.97 Å². The van der Waals surface area contributed by atoms with Gasteiger partial charge in [-0.05, 0) is 69.3 Å². The minimum atomic E-state index is -4.02. The lowest BCUT2D eigenvalue weighted by Gasteiger charge is -2.37. The van der Waals surface area contributed by atoms with Gasteiger partial charge in [-0.2, -0.15) is 8.42 Å². The Balaban J connectivity index is 0.000000261. The highest BCUT2D eigenvalue weighted by Gasteiger charge is 2.47. The Labute approximate surface area is 208 Å². The van der Waals surface area contributed by atoms with E-state index in [0.717, 1.165) is 57.2 Å². The van der Waals surface area contributed by atoms with Crippen molar-refractivity contribution in [2.45, 2.75) is 62.4 Å². The van der Waals surface area contributed by atoms with Crippen molar-refractivity contribution in [1.82, 2.24) is 5.32 Å². The Morgan fingerprint density at radius 1 is 0.971 bits per heavy atom. The van der Waals surface area contributed by atoms with Gasteiger partial charge in [0.05, 0.1) is 11.5 Å². The van der Waals surface area contributed by atoms with Gasteiger partial charge in [-0.25, -0.2) is 4.79 Å². The van der Waals surface area contributed by atoms with Crippen molar-refractivity contribution in [3.8, 4) is 0 Å². The van der Waals surface area contributed by atoms with Gasteiger partial charge in [0.1, 0.15) is 0 Å². The minimum absolute atomic E-state index is 0.0471. The van der Waals surface area contributed by atoms with Crippen LogP contribution in [0.5, 0.6) is 0 Å². The molecular formula is C27H37NO6S. The maximum absolute atomic E-state index is 12.9. The summed E-state index contributed by atoms with van der Waals surface area (Å²) in [6.07, 6.45) is 7.15. The molecule has 192 valence electrons. The van der Waals surface area contributed by atoms with E-state index in [9.17, 15) is 18.3 Å². The first kappa shape index (κ1) is 27.3. The Kier molecular flexibility index (Phi) is 9.86. The van der Waals surface area contributed by atoms with Crippen LogP contribution < -0.4 is 5.32 Å². The fraction of sp³-hybridized carbons (Fsp3) is 0.519. The quantitative estimate of drug-likeness (QED) is 0.399. The van der Waals surface area contributed by atoms with Gasteiger partial charge in [0, 0.05) is 5.92 Å². The first-order chi connectivity index (χ1) is 16.7. The molecule has 1 aliphatic carbocycles. The van der Waals surface area contributed by atoms with Crippen molar-refractivity contribution < 1.29 is 27.6 Å². The zero-order valence-corrected chi connectivity index (χ0v) is 21.2. The summed E-state index contributed by atoms with van der Waals surface area (Å²) < 4.78 is 35.2. The molecule has 1 unspecified atom stereocenters. The molecule has 2 fully saturated rings. The zero-order valence-electron chi connectivity index (χ0n) is 20.4. The number of benzene rings is 2. The molecule has 0 amide bonds. The topological polar surface area (TPSA) is 113 Å². The molecular weight excluding hydrogens is 466 g/mol. The number of aliphatic hydroxyl groups is 1. The van der Waals surface area contributed by atoms with Crippen LogP contribution in [0.15, 0.2) is 59.5 Å². The van der Waals surface area contributed by atoms with E-state index in [4.69, 9.17) is 9.29 Å². The van der Waals surface area contributed by atoms with Crippen LogP contribution in [0, 0.1) is 18.8 Å². The summed E-state index contributed by atoms with van der Waals surface area (Å²) in [5, 5.41) is 14.7. The van der Waals surface area contributed by atoms with Crippen LogP contribution in [0.2, 0.25) is 0 Å². The van der Waals surface area contributed by atoms with Crippen LogP contribution in [0.3, 0.4) is 0 Å². The van der Waals surface area contributed by atoms with Gasteiger partial charge in [-0.15, -0.1) is 0 Å². The third-order valence-electron chi connectivity index (χ3n) is 6.95. The second-order valence-electron chi connectivity index (χ2n) is 9.55. The molecule has 1 aliphatic heterocycles. The average Bonchev–Trinajstić information content (AvgIpc) is 2.88. The van der Waals surface area contributed by atoms with Gasteiger partial charge in [0.15, 0.2) is 5.60 Å². The normalized spacial score (nSPS) is 19.2. The molecule has 1 heterocycles. The number of piperidine rings is 1. The van der Waals surface area contributed by atoms with Crippen LogP contribution in [-0.4, -0.2) is 43.7 Å². The summed E-state index contributed by atoms with van der Waals surface area (Å²) in [6, 6.07) is 15.3. The second-order valence-corrected chi connectivity index (χ2v) is 11.0. The number of esters is 1. The minimum Gasteiger partial charge on any atom is -0.463 e. The predicted molar refractivity (Wildman–Crippen MR) is 134 cm³/mol. The number of rotatable bonds is 6. The number of carbonyl (C=O) groups is 1. The lowest BCUT2D eigenvalue weighted by molar-refractivity contribution is -0.177. The van der Waals surface area contributed by atoms with Crippen molar-refractivity contribution in [3.05, 3.63) is 65.7 Å². The maximum atomic E-state index is 12.9. The number of hydrogen-bond acceptors (Lipinski definition) is 6. The molecule has 2 aromatic rings. The van der Waals surface area contributed by atoms with Gasteiger partial charge in [0.25, 0.3) is 10.1 Å². The van der Waals surface area contributed by atoms with Crippen molar-refractivity contribution in [3.63, 3.8) is 0 Å². The molecule has 2 aliphatic rings. The highest BCUT2D eigenvalue weighted by molar-refractivity contribution is 7.85. The standard InChI is InChI=1S/C20H29NO3.C7H8O3S/c22-19(24-15-16-11-13-21-14-12-16)20(23,17-7-3-1-4-8-17)18-9-5-2-6-10-18;1-6-2-4-7(5-3-6)11(8,9)10/h1,3-4,7-8,16,18,21,23H,2,5-6,9-15H2;2-5H,1H3,(H,8,9,10). The molecule has 0 bridgehead atoms. The lowest BCUT2D eigenvalue weighted by Crippen LogP contribution is -2.45. The fourth-order valence-electron chi connectivity index (χ4n) is 4.80. The summed E-state index contributed by atoms with van der Waals surface area (Å²) >= 11 is 0. The largest absolute Gasteiger partial charge is 0.463 e. The van der Waals surface area contributed by atoms with E-state index in [-0.39, 0.29) is 10.8 Å². The van der Waals surface area contributed by atoms with E-state index in [1.807, 2.05) is 37.3 Å². The fourth-order valence-corrected chi connectivity index (χ4v) is 5.28. The molecule has 7 nitrogen and oxygen atoms in total. The van der Waals surface area contributed by atoms with E-state index < -0.39 is 21.7 Å². The van der Waals surface area contributed by atoms with E-state index >= 15 is 0 Å². The third kappa shape index (κ3) is 7.61. The molecule has 0 aromatic heterocycles. The summed E-state index contributed by atoms with van der Waals surface area (Å²) in [5.41, 5.74) is 0.124. The van der Waals surface area contributed by atoms with E-state index in [1.54, 1.807) is 12.1 Å². The number of ether oxygens (including phenoxy) is 1. The Morgan fingerprint density at radius 2 is 1.57 bits per heavy atom. The van der Waals surface area contributed by atoms with E-state index in [0.29, 0.717) is 18.1 Å². The van der Waals surface area contributed by atoms with Crippen LogP contribution in [0.1, 0.15) is 56.1 Å². The molecule has 0 radical (unpaired) electrons. The molecule has 4 rings (SSSR count). The van der Waals surface area contributed by atoms with E-state index in [1.165, 1.54) is 18.6 Å². The zero-order chi connectivity index (χ0) is 25.3. The highest BCUT2D eigenvalue weighted by atomic mass is 32.2. The summed E-state index contributed by atoms with van der Waals surface area (Å²) in [5.74, 6) is -0.102. The van der Waals surface area contributed by atoms with Crippen LogP contribution in [0.4, 0.5) is 0 Å². The summed E-state index contributed by atoms with van der Waals surface area (Å²) in [6.45, 7) is 4.22. The van der Waals surface area contributed by atoms with Crippen molar-refractivity contribution in [2.75, 3.05) is 19.7 Å². The van der Waals surface area contributed by atoms with Crippen LogP contribution >= 0.6 is 0 Å². The van der Waals surface area contributed by atoms with Crippen LogP contribution in [0.25, 0.3) is 0 Å². The SMILES string of the molecule is Cc1ccc(S(=O)(=O)O)cc1.O=C(OCC1CCNCC1)C(O)(c1ccccc1)C1CCCCC1. The van der Waals surface area contributed by atoms with Crippen LogP contribution in [-0.2, 0) is 25.3 Å². The Bertz CT molecular complexity index is 1030. The van der Waals surface area contributed by atoms with Gasteiger partial charge in [0.2, 0.25) is 0 Å². The summed E-state index contributed by atoms with van der Waals surface area (Å²) in [4.78, 5) is 12.9. The predicted octanol–water partition coefficient (Wildman–Crippen LogP) is 4.24. The lowest BCUT2D eigenvalue weighted by atomic mass is 9.73. The van der Waals surface area contributed by atoms with Crippen molar-refractivity contribution >= 4 is 16.1 Å². The van der Waals surface area contributed by atoms with Gasteiger partial charge in [-0.3, -0.25) is 4.55 Å². The monoisotopic (exact) mass is 503 g/mol. The molecule has 8 heteroatoms. The first-order valence-corrected chi connectivity index (χ1v) is 13.8. The van der Waals surface area contributed by atoms with Crippen molar-refractivity contribution in [1.29, 1.82) is 0 Å². The number of aryl methyl sites for hydroxylation is 1. The number of hydrogen-bond donors (Lipinski definition) is 3. The average molecular weight is 504 g/mol. The first-order valence-electron chi connectivity index (χ1n) is 12.4. The van der Waals surface area contributed by atoms with Crippen molar-refractivity contribution in [2.24, 2.45) is 11.8 Å². The number of carbonyl (C=O) groups excluding carboxylic acids is 1. The molecule has 1 saturated carbocycles. The van der Waals surface area contributed by atoms with Gasteiger partial charge in [-0.1, -0.05) is 67.3 Å². The maximum Gasteiger partial charge on any atom is 0.343 e. The molecule has 0 spiro atoms. The second kappa shape index (κ2) is 12.6. The molecule has 2 aromatic carbocycles. The third-order valence-corrected chi connectivity index (χ3v) is 7.82. The Morgan fingerprint density at radius 3 is 2.14 bits per heavy atom. The highest BCUT2D eigenvalue weighted by Crippen LogP contribution is 2.40. The molecule has 35 heavy (non-hydrogen) atoms.